The first-order chi connectivity index (χ1) is 10.1. The molecule has 1 aromatic rings. The number of thiazole rings is 1. The van der Waals surface area contributed by atoms with Gasteiger partial charge in [-0.25, -0.2) is 4.98 Å². The van der Waals surface area contributed by atoms with Crippen LogP contribution in [0.1, 0.15) is 23.5 Å². The highest BCUT2D eigenvalue weighted by Gasteiger charge is 2.21. The molecule has 0 bridgehead atoms. The number of nitrogens with zero attached hydrogens (tertiary/aromatic N) is 2. The van der Waals surface area contributed by atoms with Gasteiger partial charge < -0.3 is 25.4 Å². The Morgan fingerprint density at radius 1 is 1.43 bits per heavy atom. The first-order valence-electron chi connectivity index (χ1n) is 7.00. The summed E-state index contributed by atoms with van der Waals surface area (Å²) in [6.45, 7) is 7.37. The Morgan fingerprint density at radius 2 is 2.19 bits per heavy atom. The van der Waals surface area contributed by atoms with E-state index in [0.717, 1.165) is 0 Å². The molecule has 0 aromatic carbocycles. The number of hydrogen-bond acceptors (Lipinski definition) is 7. The number of nitrogen functional groups attached to an aromatic ring is 1. The average molecular weight is 316 g/mol. The van der Waals surface area contributed by atoms with Crippen LogP contribution in [0.3, 0.4) is 0 Å². The van der Waals surface area contributed by atoms with Gasteiger partial charge in [0.05, 0.1) is 13.2 Å². The molecule has 0 spiro atoms. The SMILES string of the molecule is CCOCCN(CC)C(=O)c1sc(NCCOC)nc1N. The molecular weight excluding hydrogens is 292 g/mol. The van der Waals surface area contributed by atoms with Gasteiger partial charge in [-0.2, -0.15) is 0 Å². The Bertz CT molecular complexity index is 439. The van der Waals surface area contributed by atoms with Gasteiger partial charge in [-0.05, 0) is 13.8 Å². The van der Waals surface area contributed by atoms with E-state index in [0.29, 0.717) is 49.5 Å². The van der Waals surface area contributed by atoms with Crippen LogP contribution < -0.4 is 11.1 Å². The van der Waals surface area contributed by atoms with E-state index in [4.69, 9.17) is 15.2 Å². The maximum absolute atomic E-state index is 12.4. The second-order valence-electron chi connectivity index (χ2n) is 4.23. The van der Waals surface area contributed by atoms with Crippen molar-refractivity contribution in [1.29, 1.82) is 0 Å². The lowest BCUT2D eigenvalue weighted by Gasteiger charge is -2.19. The fourth-order valence-corrected chi connectivity index (χ4v) is 2.56. The molecule has 8 heteroatoms. The number of carbonyl (C=O) groups excluding carboxylic acids is 1. The average Bonchev–Trinajstić information content (AvgIpc) is 2.84. The van der Waals surface area contributed by atoms with Crippen LogP contribution in [0.5, 0.6) is 0 Å². The topological polar surface area (TPSA) is 89.7 Å². The number of methoxy groups -OCH3 is 1. The molecular formula is C13H24N4O3S. The van der Waals surface area contributed by atoms with E-state index >= 15 is 0 Å². The lowest BCUT2D eigenvalue weighted by atomic mass is 10.4. The summed E-state index contributed by atoms with van der Waals surface area (Å²) in [5, 5.41) is 3.71. The summed E-state index contributed by atoms with van der Waals surface area (Å²) in [6, 6.07) is 0. The number of aromatic nitrogens is 1. The van der Waals surface area contributed by atoms with Gasteiger partial charge in [0.1, 0.15) is 10.7 Å². The minimum absolute atomic E-state index is 0.105. The van der Waals surface area contributed by atoms with Gasteiger partial charge in [0.25, 0.3) is 5.91 Å². The standard InChI is InChI=1S/C13H24N4O3S/c1-4-17(7-9-20-5-2)12(18)10-11(14)16-13(21-10)15-6-8-19-3/h4-9,14H2,1-3H3,(H,15,16). The van der Waals surface area contributed by atoms with Crippen molar-refractivity contribution >= 4 is 28.2 Å². The van der Waals surface area contributed by atoms with Crippen LogP contribution in [0.4, 0.5) is 10.9 Å². The van der Waals surface area contributed by atoms with Gasteiger partial charge in [-0.1, -0.05) is 11.3 Å². The molecule has 0 unspecified atom stereocenters. The molecule has 0 radical (unpaired) electrons. The van der Waals surface area contributed by atoms with Crippen LogP contribution in [0.25, 0.3) is 0 Å². The predicted molar refractivity (Wildman–Crippen MR) is 85.0 cm³/mol. The number of ether oxygens (including phenoxy) is 2. The Balaban J connectivity index is 2.66. The zero-order chi connectivity index (χ0) is 15.7. The summed E-state index contributed by atoms with van der Waals surface area (Å²) in [4.78, 5) is 18.8. The number of anilines is 2. The highest BCUT2D eigenvalue weighted by atomic mass is 32.1. The Labute approximate surface area is 129 Å². The Morgan fingerprint density at radius 3 is 2.81 bits per heavy atom. The second-order valence-corrected chi connectivity index (χ2v) is 5.23. The van der Waals surface area contributed by atoms with Gasteiger partial charge >= 0.3 is 0 Å². The van der Waals surface area contributed by atoms with E-state index in [2.05, 4.69) is 10.3 Å². The molecule has 0 aliphatic carbocycles. The van der Waals surface area contributed by atoms with Gasteiger partial charge in [0, 0.05) is 33.4 Å². The van der Waals surface area contributed by atoms with Crippen molar-refractivity contribution in [3.05, 3.63) is 4.88 Å². The van der Waals surface area contributed by atoms with Gasteiger partial charge in [-0.15, -0.1) is 0 Å². The number of likely N-dealkylation sites (N-methyl/N-ethyl adjacent to an activating group) is 1. The van der Waals surface area contributed by atoms with Crippen molar-refractivity contribution in [1.82, 2.24) is 9.88 Å². The predicted octanol–water partition coefficient (Wildman–Crippen LogP) is 1.28. The van der Waals surface area contributed by atoms with Crippen LogP contribution >= 0.6 is 11.3 Å². The fraction of sp³-hybridized carbons (Fsp3) is 0.692. The summed E-state index contributed by atoms with van der Waals surface area (Å²) >= 11 is 1.27. The first-order valence-corrected chi connectivity index (χ1v) is 7.81. The minimum atomic E-state index is -0.105. The van der Waals surface area contributed by atoms with Crippen LogP contribution in [0.2, 0.25) is 0 Å². The third kappa shape index (κ3) is 5.49. The number of carbonyl (C=O) groups is 1. The summed E-state index contributed by atoms with van der Waals surface area (Å²) in [6.07, 6.45) is 0. The highest BCUT2D eigenvalue weighted by molar-refractivity contribution is 7.18. The molecule has 0 aliphatic rings. The number of hydrogen-bond donors (Lipinski definition) is 2. The zero-order valence-electron chi connectivity index (χ0n) is 12.8. The van der Waals surface area contributed by atoms with Crippen LogP contribution in [0.15, 0.2) is 0 Å². The van der Waals surface area contributed by atoms with E-state index in [9.17, 15) is 4.79 Å². The monoisotopic (exact) mass is 316 g/mol. The summed E-state index contributed by atoms with van der Waals surface area (Å²) in [5.41, 5.74) is 5.84. The fourth-order valence-electron chi connectivity index (χ4n) is 1.69. The summed E-state index contributed by atoms with van der Waals surface area (Å²) < 4.78 is 10.2. The van der Waals surface area contributed by atoms with E-state index in [1.54, 1.807) is 12.0 Å². The number of nitrogens with two attached hydrogens (primary N) is 1. The smallest absolute Gasteiger partial charge is 0.267 e. The minimum Gasteiger partial charge on any atom is -0.383 e. The Hall–Kier alpha value is -1.38. The summed E-state index contributed by atoms with van der Waals surface area (Å²) in [5.74, 6) is 0.159. The quantitative estimate of drug-likeness (QED) is 0.632. The molecule has 7 nitrogen and oxygen atoms in total. The molecule has 3 N–H and O–H groups in total. The van der Waals surface area contributed by atoms with Crippen LogP contribution in [-0.2, 0) is 9.47 Å². The van der Waals surface area contributed by atoms with E-state index in [1.165, 1.54) is 11.3 Å². The third-order valence-electron chi connectivity index (χ3n) is 2.81. The summed E-state index contributed by atoms with van der Waals surface area (Å²) in [7, 11) is 1.63. The molecule has 21 heavy (non-hydrogen) atoms. The van der Waals surface area contributed by atoms with Crippen molar-refractivity contribution in [2.75, 3.05) is 57.6 Å². The molecule has 0 fully saturated rings. The lowest BCUT2D eigenvalue weighted by Crippen LogP contribution is -2.33. The molecule has 1 aromatic heterocycles. The Kier molecular flexibility index (Phi) is 8.03. The molecule has 1 amide bonds. The molecule has 1 rings (SSSR count). The van der Waals surface area contributed by atoms with Crippen molar-refractivity contribution in [2.45, 2.75) is 13.8 Å². The normalized spacial score (nSPS) is 10.6. The number of amides is 1. The molecule has 0 aliphatic heterocycles. The van der Waals surface area contributed by atoms with E-state index < -0.39 is 0 Å². The van der Waals surface area contributed by atoms with Crippen molar-refractivity contribution < 1.29 is 14.3 Å². The van der Waals surface area contributed by atoms with Gasteiger partial charge in [0.15, 0.2) is 5.13 Å². The molecule has 1 heterocycles. The maximum atomic E-state index is 12.4. The largest absolute Gasteiger partial charge is 0.383 e. The van der Waals surface area contributed by atoms with Crippen LogP contribution in [0, 0.1) is 0 Å². The van der Waals surface area contributed by atoms with Crippen molar-refractivity contribution in [3.63, 3.8) is 0 Å². The van der Waals surface area contributed by atoms with Crippen molar-refractivity contribution in [3.8, 4) is 0 Å². The number of nitrogens with one attached hydrogen (secondary N) is 1. The maximum Gasteiger partial charge on any atom is 0.267 e. The molecule has 0 saturated heterocycles. The van der Waals surface area contributed by atoms with Crippen molar-refractivity contribution in [2.24, 2.45) is 0 Å². The molecule has 0 atom stereocenters. The van der Waals surface area contributed by atoms with E-state index in [1.807, 2.05) is 13.8 Å². The van der Waals surface area contributed by atoms with Gasteiger partial charge in [-0.3, -0.25) is 4.79 Å². The zero-order valence-corrected chi connectivity index (χ0v) is 13.7. The first kappa shape index (κ1) is 17.7. The highest BCUT2D eigenvalue weighted by Crippen LogP contribution is 2.26. The van der Waals surface area contributed by atoms with Gasteiger partial charge in [0.2, 0.25) is 0 Å². The number of rotatable bonds is 10. The second kappa shape index (κ2) is 9.54. The van der Waals surface area contributed by atoms with E-state index in [-0.39, 0.29) is 11.7 Å². The van der Waals surface area contributed by atoms with Crippen LogP contribution in [-0.4, -0.2) is 62.4 Å². The third-order valence-corrected chi connectivity index (χ3v) is 3.83. The molecule has 0 saturated carbocycles. The molecule has 120 valence electrons. The lowest BCUT2D eigenvalue weighted by molar-refractivity contribution is 0.0674.